The normalized spacial score (nSPS) is 12.4. The smallest absolute Gasteiger partial charge is 0.276 e. The summed E-state index contributed by atoms with van der Waals surface area (Å²) in [4.78, 5) is 16.3. The number of pyridine rings is 1. The van der Waals surface area contributed by atoms with Gasteiger partial charge in [-0.1, -0.05) is 30.3 Å². The van der Waals surface area contributed by atoms with Gasteiger partial charge in [-0.2, -0.15) is 5.10 Å². The lowest BCUT2D eigenvalue weighted by atomic mass is 10.1. The molecule has 1 atom stereocenters. The first-order valence-corrected chi connectivity index (χ1v) is 6.29. The Balaban J connectivity index is 1.96. The Kier molecular flexibility index (Phi) is 3.26. The lowest BCUT2D eigenvalue weighted by molar-refractivity contribution is 0.149. The maximum Gasteiger partial charge on any atom is 0.276 e. The van der Waals surface area contributed by atoms with Crippen LogP contribution in [-0.4, -0.2) is 19.9 Å². The molecule has 0 amide bonds. The van der Waals surface area contributed by atoms with Crippen molar-refractivity contribution < 1.29 is 5.11 Å². The van der Waals surface area contributed by atoms with Gasteiger partial charge in [0, 0.05) is 6.20 Å². The second kappa shape index (κ2) is 5.22. The molecule has 0 aliphatic heterocycles. The van der Waals surface area contributed by atoms with Crippen LogP contribution in [0.25, 0.3) is 10.9 Å². The second-order valence-electron chi connectivity index (χ2n) is 4.49. The van der Waals surface area contributed by atoms with Crippen LogP contribution in [0.4, 0.5) is 0 Å². The summed E-state index contributed by atoms with van der Waals surface area (Å²) in [6, 6.07) is 12.6. The summed E-state index contributed by atoms with van der Waals surface area (Å²) in [6.45, 7) is 0.119. The third-order valence-electron chi connectivity index (χ3n) is 3.15. The van der Waals surface area contributed by atoms with Gasteiger partial charge in [-0.15, -0.1) is 0 Å². The van der Waals surface area contributed by atoms with Crippen molar-refractivity contribution >= 4 is 10.9 Å². The van der Waals surface area contributed by atoms with E-state index in [2.05, 4.69) is 10.1 Å². The van der Waals surface area contributed by atoms with Gasteiger partial charge in [0.25, 0.3) is 5.56 Å². The van der Waals surface area contributed by atoms with Crippen LogP contribution >= 0.6 is 0 Å². The lowest BCUT2D eigenvalue weighted by Gasteiger charge is -2.12. The Morgan fingerprint density at radius 3 is 2.75 bits per heavy atom. The summed E-state index contributed by atoms with van der Waals surface area (Å²) < 4.78 is 1.27. The largest absolute Gasteiger partial charge is 0.386 e. The number of hydrogen-bond donors (Lipinski definition) is 1. The summed E-state index contributed by atoms with van der Waals surface area (Å²) in [6.07, 6.45) is 2.39. The molecule has 0 bridgehead atoms. The average Bonchev–Trinajstić information content (AvgIpc) is 2.51. The molecule has 0 aliphatic rings. The van der Waals surface area contributed by atoms with Gasteiger partial charge in [-0.25, -0.2) is 4.68 Å². The fourth-order valence-electron chi connectivity index (χ4n) is 2.09. The topological polar surface area (TPSA) is 68.0 Å². The van der Waals surface area contributed by atoms with Gasteiger partial charge in [0.2, 0.25) is 0 Å². The molecule has 1 N–H and O–H groups in total. The minimum absolute atomic E-state index is 0.119. The molecule has 0 aliphatic carbocycles. The fraction of sp³-hybridized carbons (Fsp3) is 0.133. The number of hydrogen-bond acceptors (Lipinski definition) is 4. The molecular formula is C15H13N3O2. The molecular weight excluding hydrogens is 254 g/mol. The number of benzene rings is 1. The molecule has 0 radical (unpaired) electrons. The Hall–Kier alpha value is -2.53. The molecule has 0 saturated heterocycles. The zero-order valence-electron chi connectivity index (χ0n) is 10.7. The van der Waals surface area contributed by atoms with E-state index in [4.69, 9.17) is 0 Å². The highest BCUT2D eigenvalue weighted by Gasteiger charge is 2.11. The van der Waals surface area contributed by atoms with Gasteiger partial charge >= 0.3 is 0 Å². The molecule has 5 heteroatoms. The van der Waals surface area contributed by atoms with E-state index >= 15 is 0 Å². The molecule has 2 aromatic heterocycles. The van der Waals surface area contributed by atoms with E-state index in [1.54, 1.807) is 18.3 Å². The number of nitrogens with zero attached hydrogens (tertiary/aromatic N) is 3. The SMILES string of the molecule is O=c1c2cccnc2cnn1CC(O)c1ccccc1. The van der Waals surface area contributed by atoms with Crippen molar-refractivity contribution in [1.29, 1.82) is 0 Å². The quantitative estimate of drug-likeness (QED) is 0.781. The van der Waals surface area contributed by atoms with E-state index in [1.165, 1.54) is 10.9 Å². The first-order chi connectivity index (χ1) is 9.75. The van der Waals surface area contributed by atoms with E-state index in [9.17, 15) is 9.90 Å². The van der Waals surface area contributed by atoms with Crippen LogP contribution in [0.1, 0.15) is 11.7 Å². The summed E-state index contributed by atoms with van der Waals surface area (Å²) in [5.74, 6) is 0. The molecule has 100 valence electrons. The van der Waals surface area contributed by atoms with E-state index in [1.807, 2.05) is 30.3 Å². The maximum absolute atomic E-state index is 12.2. The zero-order chi connectivity index (χ0) is 13.9. The summed E-state index contributed by atoms with van der Waals surface area (Å²) in [5.41, 5.74) is 1.07. The van der Waals surface area contributed by atoms with Crippen LogP contribution in [0.5, 0.6) is 0 Å². The Morgan fingerprint density at radius 2 is 1.95 bits per heavy atom. The minimum atomic E-state index is -0.768. The molecule has 3 rings (SSSR count). The molecule has 5 nitrogen and oxygen atoms in total. The van der Waals surface area contributed by atoms with Crippen molar-refractivity contribution in [2.24, 2.45) is 0 Å². The van der Waals surface area contributed by atoms with Crippen molar-refractivity contribution in [1.82, 2.24) is 14.8 Å². The first kappa shape index (κ1) is 12.5. The third-order valence-corrected chi connectivity index (χ3v) is 3.15. The molecule has 0 saturated carbocycles. The van der Waals surface area contributed by atoms with Gasteiger partial charge in [0.1, 0.15) is 0 Å². The van der Waals surface area contributed by atoms with Crippen molar-refractivity contribution in [2.45, 2.75) is 12.6 Å². The molecule has 1 unspecified atom stereocenters. The van der Waals surface area contributed by atoms with Gasteiger partial charge in [0.05, 0.1) is 29.7 Å². The fourth-order valence-corrected chi connectivity index (χ4v) is 2.09. The van der Waals surface area contributed by atoms with Crippen LogP contribution in [-0.2, 0) is 6.54 Å². The monoisotopic (exact) mass is 267 g/mol. The van der Waals surface area contributed by atoms with Crippen LogP contribution in [0.15, 0.2) is 59.7 Å². The minimum Gasteiger partial charge on any atom is -0.386 e. The molecule has 0 spiro atoms. The van der Waals surface area contributed by atoms with Crippen molar-refractivity contribution in [3.05, 3.63) is 70.8 Å². The van der Waals surface area contributed by atoms with E-state index in [0.29, 0.717) is 10.9 Å². The van der Waals surface area contributed by atoms with E-state index in [0.717, 1.165) is 5.56 Å². The Morgan fingerprint density at radius 1 is 1.15 bits per heavy atom. The first-order valence-electron chi connectivity index (χ1n) is 6.29. The summed E-state index contributed by atoms with van der Waals surface area (Å²) >= 11 is 0. The number of rotatable bonds is 3. The number of aliphatic hydroxyl groups excluding tert-OH is 1. The average molecular weight is 267 g/mol. The molecule has 0 fully saturated rings. The van der Waals surface area contributed by atoms with Crippen LogP contribution in [0.2, 0.25) is 0 Å². The van der Waals surface area contributed by atoms with E-state index < -0.39 is 6.10 Å². The molecule has 20 heavy (non-hydrogen) atoms. The van der Waals surface area contributed by atoms with E-state index in [-0.39, 0.29) is 12.1 Å². The van der Waals surface area contributed by atoms with Crippen LogP contribution in [0.3, 0.4) is 0 Å². The lowest BCUT2D eigenvalue weighted by Crippen LogP contribution is -2.25. The Bertz CT molecular complexity index is 784. The summed E-state index contributed by atoms with van der Waals surface area (Å²) in [5, 5.41) is 14.7. The van der Waals surface area contributed by atoms with Gasteiger partial charge < -0.3 is 5.11 Å². The van der Waals surface area contributed by atoms with Crippen molar-refractivity contribution in [3.8, 4) is 0 Å². The van der Waals surface area contributed by atoms with Gasteiger partial charge in [-0.05, 0) is 17.7 Å². The number of fused-ring (bicyclic) bond motifs is 1. The van der Waals surface area contributed by atoms with Crippen molar-refractivity contribution in [3.63, 3.8) is 0 Å². The highest BCUT2D eigenvalue weighted by molar-refractivity contribution is 5.75. The van der Waals surface area contributed by atoms with Gasteiger partial charge in [-0.3, -0.25) is 9.78 Å². The third kappa shape index (κ3) is 2.31. The molecule has 3 aromatic rings. The zero-order valence-corrected chi connectivity index (χ0v) is 10.7. The maximum atomic E-state index is 12.2. The number of aliphatic hydroxyl groups is 1. The van der Waals surface area contributed by atoms with Crippen LogP contribution in [0, 0.1) is 0 Å². The standard InChI is InChI=1S/C15H13N3O2/c19-14(11-5-2-1-3-6-11)10-18-15(20)12-7-4-8-16-13(12)9-17-18/h1-9,14,19H,10H2. The Labute approximate surface area is 115 Å². The molecule has 1 aromatic carbocycles. The van der Waals surface area contributed by atoms with Gasteiger partial charge in [0.15, 0.2) is 0 Å². The second-order valence-corrected chi connectivity index (χ2v) is 4.49. The predicted octanol–water partition coefficient (Wildman–Crippen LogP) is 1.53. The summed E-state index contributed by atoms with van der Waals surface area (Å²) in [7, 11) is 0. The van der Waals surface area contributed by atoms with Crippen LogP contribution < -0.4 is 5.56 Å². The van der Waals surface area contributed by atoms with Crippen molar-refractivity contribution in [2.75, 3.05) is 0 Å². The number of aromatic nitrogens is 3. The highest BCUT2D eigenvalue weighted by atomic mass is 16.3. The molecule has 2 heterocycles. The highest BCUT2D eigenvalue weighted by Crippen LogP contribution is 2.13. The predicted molar refractivity (Wildman–Crippen MR) is 75.2 cm³/mol.